The average Bonchev–Trinajstić information content (AvgIpc) is 2.84. The number of hydrogen-bond acceptors (Lipinski definition) is 6. The Kier molecular flexibility index (Phi) is 3.68. The van der Waals surface area contributed by atoms with Crippen LogP contribution in [-0.4, -0.2) is 35.3 Å². The topological polar surface area (TPSA) is 70.1 Å². The summed E-state index contributed by atoms with van der Waals surface area (Å²) in [6.07, 6.45) is 0. The van der Waals surface area contributed by atoms with Gasteiger partial charge in [-0.1, -0.05) is 13.8 Å². The first-order valence-electron chi connectivity index (χ1n) is 5.83. The molecule has 0 amide bonds. The van der Waals surface area contributed by atoms with Gasteiger partial charge in [0.15, 0.2) is 0 Å². The molecule has 18 heavy (non-hydrogen) atoms. The molecule has 0 unspecified atom stereocenters. The van der Waals surface area contributed by atoms with Gasteiger partial charge in [0.2, 0.25) is 5.95 Å². The SMILES string of the molecule is CNc1nc(NCC(C)(C)CO)c2ccsc2n1. The Morgan fingerprint density at radius 1 is 1.39 bits per heavy atom. The summed E-state index contributed by atoms with van der Waals surface area (Å²) in [5, 5.41) is 18.5. The molecule has 2 rings (SSSR count). The van der Waals surface area contributed by atoms with E-state index in [1.54, 1.807) is 18.4 Å². The monoisotopic (exact) mass is 266 g/mol. The second kappa shape index (κ2) is 5.07. The number of aliphatic hydroxyl groups is 1. The van der Waals surface area contributed by atoms with E-state index < -0.39 is 0 Å². The normalized spacial score (nSPS) is 11.8. The largest absolute Gasteiger partial charge is 0.396 e. The molecular weight excluding hydrogens is 248 g/mol. The van der Waals surface area contributed by atoms with Crippen molar-refractivity contribution in [2.75, 3.05) is 30.8 Å². The van der Waals surface area contributed by atoms with Crippen LogP contribution in [0.1, 0.15) is 13.8 Å². The van der Waals surface area contributed by atoms with Crippen molar-refractivity contribution in [3.8, 4) is 0 Å². The van der Waals surface area contributed by atoms with Gasteiger partial charge in [-0.15, -0.1) is 11.3 Å². The molecule has 2 heterocycles. The third-order valence-electron chi connectivity index (χ3n) is 2.71. The Hall–Kier alpha value is -1.40. The minimum absolute atomic E-state index is 0.136. The summed E-state index contributed by atoms with van der Waals surface area (Å²) in [6.45, 7) is 4.81. The summed E-state index contributed by atoms with van der Waals surface area (Å²) in [7, 11) is 1.80. The lowest BCUT2D eigenvalue weighted by atomic mass is 9.95. The van der Waals surface area contributed by atoms with E-state index in [-0.39, 0.29) is 12.0 Å². The molecule has 3 N–H and O–H groups in total. The van der Waals surface area contributed by atoms with Crippen LogP contribution in [0.5, 0.6) is 0 Å². The molecule has 98 valence electrons. The number of anilines is 2. The zero-order valence-corrected chi connectivity index (χ0v) is 11.6. The number of nitrogens with one attached hydrogen (secondary N) is 2. The van der Waals surface area contributed by atoms with Crippen molar-refractivity contribution < 1.29 is 5.11 Å². The van der Waals surface area contributed by atoms with E-state index in [9.17, 15) is 5.11 Å². The molecule has 5 nitrogen and oxygen atoms in total. The van der Waals surface area contributed by atoms with Crippen molar-refractivity contribution in [1.82, 2.24) is 9.97 Å². The molecule has 0 aliphatic heterocycles. The van der Waals surface area contributed by atoms with Crippen LogP contribution in [0.25, 0.3) is 10.2 Å². The second-order valence-corrected chi connectivity index (χ2v) is 5.86. The van der Waals surface area contributed by atoms with Gasteiger partial charge in [0.05, 0.1) is 5.39 Å². The highest BCUT2D eigenvalue weighted by atomic mass is 32.1. The predicted octanol–water partition coefficient (Wildman–Crippen LogP) is 2.16. The van der Waals surface area contributed by atoms with E-state index in [1.807, 2.05) is 25.3 Å². The van der Waals surface area contributed by atoms with Crippen molar-refractivity contribution in [1.29, 1.82) is 0 Å². The minimum Gasteiger partial charge on any atom is -0.396 e. The number of hydrogen-bond donors (Lipinski definition) is 3. The number of fused-ring (bicyclic) bond motifs is 1. The van der Waals surface area contributed by atoms with E-state index in [4.69, 9.17) is 0 Å². The van der Waals surface area contributed by atoms with Crippen LogP contribution in [0.2, 0.25) is 0 Å². The molecule has 0 radical (unpaired) electrons. The van der Waals surface area contributed by atoms with E-state index in [0.29, 0.717) is 12.5 Å². The van der Waals surface area contributed by atoms with E-state index in [1.165, 1.54) is 0 Å². The highest BCUT2D eigenvalue weighted by Gasteiger charge is 2.17. The molecule has 0 spiro atoms. The molecule has 0 aliphatic rings. The van der Waals surface area contributed by atoms with Gasteiger partial charge < -0.3 is 15.7 Å². The first kappa shape index (κ1) is 13.0. The number of thiophene rings is 1. The first-order chi connectivity index (χ1) is 8.55. The smallest absolute Gasteiger partial charge is 0.225 e. The Morgan fingerprint density at radius 3 is 2.83 bits per heavy atom. The Morgan fingerprint density at radius 2 is 2.17 bits per heavy atom. The summed E-state index contributed by atoms with van der Waals surface area (Å²) in [5.41, 5.74) is -0.174. The molecular formula is C12H18N4OS. The first-order valence-corrected chi connectivity index (χ1v) is 6.71. The van der Waals surface area contributed by atoms with Gasteiger partial charge in [0, 0.05) is 25.6 Å². The molecule has 0 saturated heterocycles. The Balaban J connectivity index is 2.28. The maximum atomic E-state index is 9.26. The second-order valence-electron chi connectivity index (χ2n) is 4.96. The van der Waals surface area contributed by atoms with Gasteiger partial charge in [0.1, 0.15) is 10.6 Å². The van der Waals surface area contributed by atoms with Crippen molar-refractivity contribution in [2.24, 2.45) is 5.41 Å². The van der Waals surface area contributed by atoms with Gasteiger partial charge in [-0.2, -0.15) is 4.98 Å². The molecule has 0 saturated carbocycles. The zero-order valence-electron chi connectivity index (χ0n) is 10.8. The maximum absolute atomic E-state index is 9.26. The zero-order chi connectivity index (χ0) is 13.2. The molecule has 0 aliphatic carbocycles. The van der Waals surface area contributed by atoms with E-state index >= 15 is 0 Å². The fourth-order valence-corrected chi connectivity index (χ4v) is 2.24. The van der Waals surface area contributed by atoms with Crippen molar-refractivity contribution in [2.45, 2.75) is 13.8 Å². The predicted molar refractivity (Wildman–Crippen MR) is 76.3 cm³/mol. The third kappa shape index (κ3) is 2.70. The lowest BCUT2D eigenvalue weighted by Gasteiger charge is -2.22. The number of rotatable bonds is 5. The van der Waals surface area contributed by atoms with Crippen LogP contribution in [-0.2, 0) is 0 Å². The molecule has 0 aromatic carbocycles. The summed E-state index contributed by atoms with van der Waals surface area (Å²) in [4.78, 5) is 9.76. The molecule has 6 heteroatoms. The van der Waals surface area contributed by atoms with Gasteiger partial charge >= 0.3 is 0 Å². The standard InChI is InChI=1S/C12H18N4OS/c1-12(2,7-17)6-14-9-8-4-5-18-10(8)16-11(13-3)15-9/h4-5,17H,6-7H2,1-3H3,(H2,13,14,15,16). The van der Waals surface area contributed by atoms with Crippen LogP contribution in [0.4, 0.5) is 11.8 Å². The highest BCUT2D eigenvalue weighted by molar-refractivity contribution is 7.16. The van der Waals surface area contributed by atoms with Crippen LogP contribution < -0.4 is 10.6 Å². The van der Waals surface area contributed by atoms with Gasteiger partial charge in [-0.3, -0.25) is 0 Å². The fraction of sp³-hybridized carbons (Fsp3) is 0.500. The lowest BCUT2D eigenvalue weighted by molar-refractivity contribution is 0.171. The minimum atomic E-state index is -0.174. The fourth-order valence-electron chi connectivity index (χ4n) is 1.48. The molecule has 2 aromatic rings. The van der Waals surface area contributed by atoms with Crippen molar-refractivity contribution in [3.05, 3.63) is 11.4 Å². The summed E-state index contributed by atoms with van der Waals surface area (Å²) in [6, 6.07) is 2.01. The van der Waals surface area contributed by atoms with E-state index in [0.717, 1.165) is 16.0 Å². The number of aromatic nitrogens is 2. The Labute approximate surface area is 110 Å². The summed E-state index contributed by atoms with van der Waals surface area (Å²) < 4.78 is 0. The van der Waals surface area contributed by atoms with Gasteiger partial charge in [-0.05, 0) is 11.4 Å². The van der Waals surface area contributed by atoms with E-state index in [2.05, 4.69) is 20.6 Å². The molecule has 0 bridgehead atoms. The van der Waals surface area contributed by atoms with Crippen molar-refractivity contribution in [3.63, 3.8) is 0 Å². The Bertz CT molecular complexity index is 538. The maximum Gasteiger partial charge on any atom is 0.225 e. The lowest BCUT2D eigenvalue weighted by Crippen LogP contribution is -2.27. The highest BCUT2D eigenvalue weighted by Crippen LogP contribution is 2.27. The molecule has 2 aromatic heterocycles. The van der Waals surface area contributed by atoms with Crippen molar-refractivity contribution >= 4 is 33.3 Å². The van der Waals surface area contributed by atoms with Gasteiger partial charge in [-0.25, -0.2) is 4.98 Å². The van der Waals surface area contributed by atoms with Crippen LogP contribution >= 0.6 is 11.3 Å². The van der Waals surface area contributed by atoms with Crippen LogP contribution in [0, 0.1) is 5.41 Å². The number of aliphatic hydroxyl groups excluding tert-OH is 1. The number of nitrogens with zero attached hydrogens (tertiary/aromatic N) is 2. The quantitative estimate of drug-likeness (QED) is 0.773. The molecule has 0 fully saturated rings. The summed E-state index contributed by atoms with van der Waals surface area (Å²) in [5.74, 6) is 1.42. The van der Waals surface area contributed by atoms with Crippen LogP contribution in [0.3, 0.4) is 0 Å². The van der Waals surface area contributed by atoms with Gasteiger partial charge in [0.25, 0.3) is 0 Å². The summed E-state index contributed by atoms with van der Waals surface area (Å²) >= 11 is 1.59. The van der Waals surface area contributed by atoms with Crippen LogP contribution in [0.15, 0.2) is 11.4 Å². The third-order valence-corrected chi connectivity index (χ3v) is 3.52. The average molecular weight is 266 g/mol. The molecule has 0 atom stereocenters.